The maximum atomic E-state index is 12.2. The van der Waals surface area contributed by atoms with Gasteiger partial charge >= 0.3 is 0 Å². The lowest BCUT2D eigenvalue weighted by molar-refractivity contribution is 0.416. The highest BCUT2D eigenvalue weighted by atomic mass is 16.5. The van der Waals surface area contributed by atoms with Gasteiger partial charge in [-0.2, -0.15) is 0 Å². The van der Waals surface area contributed by atoms with Crippen LogP contribution >= 0.6 is 0 Å². The van der Waals surface area contributed by atoms with E-state index in [1.165, 1.54) is 4.68 Å². The standard InChI is InChI=1S/C17H16N2O2/c1-12-6-5-7-13(10-12)19-17(20)11-15(18-19)14-8-3-4-9-16(14)21-2/h3-11,18H,1-2H3. The third kappa shape index (κ3) is 2.48. The van der Waals surface area contributed by atoms with E-state index in [2.05, 4.69) is 5.10 Å². The highest BCUT2D eigenvalue weighted by molar-refractivity contribution is 5.66. The molecule has 0 saturated carbocycles. The van der Waals surface area contributed by atoms with E-state index in [1.807, 2.05) is 55.5 Å². The van der Waals surface area contributed by atoms with Crippen molar-refractivity contribution in [1.29, 1.82) is 0 Å². The van der Waals surface area contributed by atoms with Crippen LogP contribution in [0, 0.1) is 6.92 Å². The molecule has 4 nitrogen and oxygen atoms in total. The molecule has 0 amide bonds. The Morgan fingerprint density at radius 2 is 1.86 bits per heavy atom. The second-order valence-corrected chi connectivity index (χ2v) is 4.88. The Morgan fingerprint density at radius 1 is 1.05 bits per heavy atom. The summed E-state index contributed by atoms with van der Waals surface area (Å²) in [5.74, 6) is 0.732. The van der Waals surface area contributed by atoms with Crippen molar-refractivity contribution in [2.45, 2.75) is 6.92 Å². The highest BCUT2D eigenvalue weighted by Gasteiger charge is 2.10. The molecule has 4 heteroatoms. The van der Waals surface area contributed by atoms with E-state index in [4.69, 9.17) is 4.74 Å². The molecule has 1 N–H and O–H groups in total. The minimum atomic E-state index is -0.0958. The lowest BCUT2D eigenvalue weighted by atomic mass is 10.1. The van der Waals surface area contributed by atoms with Crippen molar-refractivity contribution in [2.75, 3.05) is 7.11 Å². The van der Waals surface area contributed by atoms with Crippen molar-refractivity contribution in [2.24, 2.45) is 0 Å². The summed E-state index contributed by atoms with van der Waals surface area (Å²) in [6.07, 6.45) is 0. The van der Waals surface area contributed by atoms with Crippen LogP contribution in [-0.4, -0.2) is 16.9 Å². The number of nitrogens with zero attached hydrogens (tertiary/aromatic N) is 1. The van der Waals surface area contributed by atoms with Crippen LogP contribution in [0.4, 0.5) is 0 Å². The van der Waals surface area contributed by atoms with Crippen molar-refractivity contribution in [3.8, 4) is 22.7 Å². The largest absolute Gasteiger partial charge is 0.496 e. The minimum absolute atomic E-state index is 0.0958. The van der Waals surface area contributed by atoms with Gasteiger partial charge in [0.2, 0.25) is 0 Å². The Morgan fingerprint density at radius 3 is 2.62 bits per heavy atom. The number of benzene rings is 2. The number of para-hydroxylation sites is 1. The van der Waals surface area contributed by atoms with E-state index in [0.29, 0.717) is 0 Å². The SMILES string of the molecule is COc1ccccc1-c1cc(=O)n(-c2cccc(C)c2)[nH]1. The first-order valence-electron chi connectivity index (χ1n) is 6.71. The quantitative estimate of drug-likeness (QED) is 0.801. The maximum absolute atomic E-state index is 12.2. The molecule has 0 fully saturated rings. The van der Waals surface area contributed by atoms with Gasteiger partial charge in [-0.25, -0.2) is 4.68 Å². The summed E-state index contributed by atoms with van der Waals surface area (Å²) >= 11 is 0. The molecule has 21 heavy (non-hydrogen) atoms. The van der Waals surface area contributed by atoms with Crippen molar-refractivity contribution in [1.82, 2.24) is 9.78 Å². The monoisotopic (exact) mass is 280 g/mol. The van der Waals surface area contributed by atoms with Crippen LogP contribution in [0.2, 0.25) is 0 Å². The van der Waals surface area contributed by atoms with Gasteiger partial charge in [-0.15, -0.1) is 0 Å². The molecular formula is C17H16N2O2. The Bertz CT molecular complexity index is 831. The van der Waals surface area contributed by atoms with Crippen LogP contribution in [0.3, 0.4) is 0 Å². The van der Waals surface area contributed by atoms with Crippen molar-refractivity contribution < 1.29 is 4.74 Å². The molecule has 0 atom stereocenters. The molecule has 3 aromatic rings. The molecule has 106 valence electrons. The van der Waals surface area contributed by atoms with Gasteiger partial charge in [-0.1, -0.05) is 24.3 Å². The van der Waals surface area contributed by atoms with Gasteiger partial charge in [0.05, 0.1) is 18.5 Å². The third-order valence-electron chi connectivity index (χ3n) is 3.38. The molecule has 0 spiro atoms. The van der Waals surface area contributed by atoms with E-state index in [-0.39, 0.29) is 5.56 Å². The van der Waals surface area contributed by atoms with Crippen LogP contribution in [0.5, 0.6) is 5.75 Å². The average molecular weight is 280 g/mol. The van der Waals surface area contributed by atoms with E-state index in [0.717, 1.165) is 28.3 Å². The van der Waals surface area contributed by atoms with Gasteiger partial charge in [0.15, 0.2) is 0 Å². The summed E-state index contributed by atoms with van der Waals surface area (Å²) < 4.78 is 6.88. The number of aromatic amines is 1. The number of H-pyrrole nitrogens is 1. The molecule has 0 bridgehead atoms. The summed E-state index contributed by atoms with van der Waals surface area (Å²) in [6, 6.07) is 17.0. The fourth-order valence-electron chi connectivity index (χ4n) is 2.36. The summed E-state index contributed by atoms with van der Waals surface area (Å²) in [7, 11) is 1.62. The second-order valence-electron chi connectivity index (χ2n) is 4.88. The molecular weight excluding hydrogens is 264 g/mol. The van der Waals surface area contributed by atoms with Crippen LogP contribution in [0.1, 0.15) is 5.56 Å². The highest BCUT2D eigenvalue weighted by Crippen LogP contribution is 2.27. The Hall–Kier alpha value is -2.75. The number of hydrogen-bond acceptors (Lipinski definition) is 2. The van der Waals surface area contributed by atoms with Crippen molar-refractivity contribution in [3.63, 3.8) is 0 Å². The molecule has 1 heterocycles. The van der Waals surface area contributed by atoms with Crippen molar-refractivity contribution in [3.05, 3.63) is 70.5 Å². The normalized spacial score (nSPS) is 10.6. The van der Waals surface area contributed by atoms with Crippen LogP contribution in [0.25, 0.3) is 16.9 Å². The summed E-state index contributed by atoms with van der Waals surface area (Å²) in [5.41, 5.74) is 3.43. The van der Waals surface area contributed by atoms with Crippen LogP contribution < -0.4 is 10.3 Å². The Balaban J connectivity index is 2.12. The number of rotatable bonds is 3. The molecule has 0 saturated heterocycles. The third-order valence-corrected chi connectivity index (χ3v) is 3.38. The maximum Gasteiger partial charge on any atom is 0.271 e. The zero-order valence-corrected chi connectivity index (χ0v) is 12.0. The van der Waals surface area contributed by atoms with E-state index in [1.54, 1.807) is 13.2 Å². The van der Waals surface area contributed by atoms with E-state index < -0.39 is 0 Å². The number of aryl methyl sites for hydroxylation is 1. The van der Waals surface area contributed by atoms with E-state index >= 15 is 0 Å². The first-order chi connectivity index (χ1) is 10.2. The molecule has 0 aliphatic rings. The Labute approximate surface area is 122 Å². The zero-order chi connectivity index (χ0) is 14.8. The zero-order valence-electron chi connectivity index (χ0n) is 12.0. The molecule has 0 aliphatic heterocycles. The summed E-state index contributed by atoms with van der Waals surface area (Å²) in [6.45, 7) is 2.00. The van der Waals surface area contributed by atoms with Crippen LogP contribution in [-0.2, 0) is 0 Å². The molecule has 0 radical (unpaired) electrons. The van der Waals surface area contributed by atoms with Gasteiger partial charge in [-0.3, -0.25) is 9.89 Å². The average Bonchev–Trinajstić information content (AvgIpc) is 2.89. The fourth-order valence-corrected chi connectivity index (χ4v) is 2.36. The lowest BCUT2D eigenvalue weighted by Gasteiger charge is -2.06. The number of aromatic nitrogens is 2. The van der Waals surface area contributed by atoms with Gasteiger partial charge in [0, 0.05) is 11.6 Å². The first kappa shape index (κ1) is 13.2. The smallest absolute Gasteiger partial charge is 0.271 e. The molecule has 1 aromatic heterocycles. The predicted molar refractivity (Wildman–Crippen MR) is 83.1 cm³/mol. The number of nitrogens with one attached hydrogen (secondary N) is 1. The van der Waals surface area contributed by atoms with Gasteiger partial charge in [0.25, 0.3) is 5.56 Å². The van der Waals surface area contributed by atoms with Gasteiger partial charge < -0.3 is 4.74 Å². The van der Waals surface area contributed by atoms with Crippen LogP contribution in [0.15, 0.2) is 59.4 Å². The Kier molecular flexibility index (Phi) is 3.36. The fraction of sp³-hybridized carbons (Fsp3) is 0.118. The second kappa shape index (κ2) is 5.32. The van der Waals surface area contributed by atoms with Gasteiger partial charge in [-0.05, 0) is 36.8 Å². The molecule has 0 unspecified atom stereocenters. The number of methoxy groups -OCH3 is 1. The molecule has 3 rings (SSSR count). The van der Waals surface area contributed by atoms with E-state index in [9.17, 15) is 4.79 Å². The summed E-state index contributed by atoms with van der Waals surface area (Å²) in [5, 5.41) is 3.14. The lowest BCUT2D eigenvalue weighted by Crippen LogP contribution is -2.13. The predicted octanol–water partition coefficient (Wildman–Crippen LogP) is 3.15. The number of ether oxygens (including phenoxy) is 1. The minimum Gasteiger partial charge on any atom is -0.496 e. The topological polar surface area (TPSA) is 47.0 Å². The van der Waals surface area contributed by atoms with Gasteiger partial charge in [0.1, 0.15) is 5.75 Å². The first-order valence-corrected chi connectivity index (χ1v) is 6.71. The molecule has 2 aromatic carbocycles. The molecule has 0 aliphatic carbocycles. The van der Waals surface area contributed by atoms with Crippen molar-refractivity contribution >= 4 is 0 Å². The summed E-state index contributed by atoms with van der Waals surface area (Å²) in [4.78, 5) is 12.2. The number of hydrogen-bond donors (Lipinski definition) is 1.